The molecule has 4 aromatic rings. The Morgan fingerprint density at radius 3 is 2.28 bits per heavy atom. The zero-order valence-corrected chi connectivity index (χ0v) is 15.3. The van der Waals surface area contributed by atoms with Crippen molar-refractivity contribution in [2.24, 2.45) is 0 Å². The van der Waals surface area contributed by atoms with Crippen molar-refractivity contribution in [3.05, 3.63) is 69.9 Å². The quantitative estimate of drug-likeness (QED) is 0.555. The predicted molar refractivity (Wildman–Crippen MR) is 105 cm³/mol. The van der Waals surface area contributed by atoms with Gasteiger partial charge in [0.1, 0.15) is 22.0 Å². The molecule has 0 spiro atoms. The lowest BCUT2D eigenvalue weighted by Crippen LogP contribution is -2.45. The van der Waals surface area contributed by atoms with E-state index in [1.807, 2.05) is 6.07 Å². The summed E-state index contributed by atoms with van der Waals surface area (Å²) in [7, 11) is 0. The van der Waals surface area contributed by atoms with E-state index < -0.39 is 0 Å². The number of hydrogen-bond donors (Lipinski definition) is 1. The minimum absolute atomic E-state index is 0.673. The molecule has 0 fully saturated rings. The van der Waals surface area contributed by atoms with Crippen LogP contribution in [0.4, 0.5) is 16.0 Å². The number of anilines is 3. The Morgan fingerprint density at radius 1 is 0.880 bits per heavy atom. The Bertz CT molecular complexity index is 958. The van der Waals surface area contributed by atoms with Crippen LogP contribution in [0.3, 0.4) is 0 Å². The first-order chi connectivity index (χ1) is 12.4. The zero-order valence-electron chi connectivity index (χ0n) is 12.8. The van der Waals surface area contributed by atoms with Crippen LogP contribution < -0.4 is 15.1 Å². The van der Waals surface area contributed by atoms with Gasteiger partial charge < -0.3 is 0 Å². The van der Waals surface area contributed by atoms with Gasteiger partial charge in [-0.25, -0.2) is 10.1 Å². The fourth-order valence-corrected chi connectivity index (χ4v) is 4.80. The monoisotopic (exact) mass is 384 g/mol. The second kappa shape index (κ2) is 6.03. The average Bonchev–Trinajstić information content (AvgIpc) is 3.48. The lowest BCUT2D eigenvalue weighted by Gasteiger charge is -2.34. The van der Waals surface area contributed by atoms with E-state index in [9.17, 15) is 0 Å². The molecule has 0 bridgehead atoms. The molecule has 0 aliphatic carbocycles. The number of H-pyrrole nitrogens is 1. The standard InChI is InChI=1S/C16H12N6S3/c1-4-13(23-7-1)12-10-20(14-5-2-8-24-14)22(15-6-3-9-25-15)21(12)16-17-11-18-19-16/h1-11H,(H,17,18,19). The molecule has 5 rings (SSSR count). The second-order valence-electron chi connectivity index (χ2n) is 5.15. The number of aromatic amines is 1. The van der Waals surface area contributed by atoms with Crippen LogP contribution in [-0.2, 0) is 0 Å². The van der Waals surface area contributed by atoms with Gasteiger partial charge in [0.2, 0.25) is 5.95 Å². The minimum Gasteiger partial charge on any atom is -0.244 e. The number of nitrogens with one attached hydrogen (secondary N) is 1. The smallest absolute Gasteiger partial charge is 0.244 e. The summed E-state index contributed by atoms with van der Waals surface area (Å²) < 4.78 is 0. The van der Waals surface area contributed by atoms with Crippen LogP contribution in [0.15, 0.2) is 65.1 Å². The summed E-state index contributed by atoms with van der Waals surface area (Å²) in [4.78, 5) is 5.56. The molecule has 4 aromatic heterocycles. The van der Waals surface area contributed by atoms with Crippen molar-refractivity contribution in [1.82, 2.24) is 15.2 Å². The maximum atomic E-state index is 4.40. The van der Waals surface area contributed by atoms with Crippen molar-refractivity contribution in [2.75, 3.05) is 15.1 Å². The van der Waals surface area contributed by atoms with E-state index >= 15 is 0 Å². The molecule has 0 radical (unpaired) electrons. The summed E-state index contributed by atoms with van der Waals surface area (Å²) >= 11 is 5.07. The van der Waals surface area contributed by atoms with Gasteiger partial charge in [-0.1, -0.05) is 6.07 Å². The first-order valence-electron chi connectivity index (χ1n) is 7.49. The van der Waals surface area contributed by atoms with Crippen molar-refractivity contribution in [3.8, 4) is 0 Å². The van der Waals surface area contributed by atoms with Gasteiger partial charge in [0, 0.05) is 0 Å². The van der Waals surface area contributed by atoms with E-state index in [1.54, 1.807) is 34.0 Å². The lowest BCUT2D eigenvalue weighted by atomic mass is 10.3. The molecule has 0 saturated carbocycles. The molecule has 124 valence electrons. The van der Waals surface area contributed by atoms with Gasteiger partial charge in [0.25, 0.3) is 0 Å². The Balaban J connectivity index is 1.70. The Kier molecular flexibility index (Phi) is 3.54. The molecule has 0 unspecified atom stereocenters. The number of hydrazine groups is 2. The molecule has 0 aromatic carbocycles. The predicted octanol–water partition coefficient (Wildman–Crippen LogP) is 4.65. The van der Waals surface area contributed by atoms with E-state index in [0.29, 0.717) is 5.95 Å². The highest BCUT2D eigenvalue weighted by Gasteiger charge is 2.36. The fourth-order valence-electron chi connectivity index (χ4n) is 2.67. The maximum absolute atomic E-state index is 4.40. The summed E-state index contributed by atoms with van der Waals surface area (Å²) in [6.45, 7) is 0. The third-order valence-corrected chi connectivity index (χ3v) is 6.26. The lowest BCUT2D eigenvalue weighted by molar-refractivity contribution is 0.854. The van der Waals surface area contributed by atoms with Gasteiger partial charge >= 0.3 is 0 Å². The third-order valence-electron chi connectivity index (χ3n) is 3.68. The number of hydrogen-bond acceptors (Lipinski definition) is 8. The van der Waals surface area contributed by atoms with Gasteiger partial charge in [-0.15, -0.1) is 34.0 Å². The zero-order chi connectivity index (χ0) is 16.6. The van der Waals surface area contributed by atoms with Crippen LogP contribution in [-0.4, -0.2) is 15.2 Å². The number of thiophene rings is 3. The molecule has 0 saturated heterocycles. The largest absolute Gasteiger partial charge is 0.246 e. The summed E-state index contributed by atoms with van der Waals surface area (Å²) in [5, 5.41) is 21.8. The van der Waals surface area contributed by atoms with Gasteiger partial charge in [-0.05, 0) is 46.5 Å². The molecule has 6 nitrogen and oxygen atoms in total. The third kappa shape index (κ3) is 2.44. The highest BCUT2D eigenvalue weighted by atomic mass is 32.1. The van der Waals surface area contributed by atoms with Gasteiger partial charge in [-0.2, -0.15) is 20.2 Å². The fraction of sp³-hybridized carbons (Fsp3) is 0. The first-order valence-corrected chi connectivity index (χ1v) is 10.1. The van der Waals surface area contributed by atoms with Crippen molar-refractivity contribution < 1.29 is 0 Å². The van der Waals surface area contributed by atoms with Crippen LogP contribution in [0.25, 0.3) is 5.70 Å². The first kappa shape index (κ1) is 14.7. The molecule has 0 atom stereocenters. The second-order valence-corrected chi connectivity index (χ2v) is 7.95. The molecule has 1 aliphatic heterocycles. The normalized spacial score (nSPS) is 14.4. The summed E-state index contributed by atoms with van der Waals surface area (Å²) in [5.74, 6) is 0.673. The SMILES string of the molecule is C1=C(c2cccs2)N(c2ncn[nH]2)N(c2cccs2)N1c1cccs1. The Morgan fingerprint density at radius 2 is 1.64 bits per heavy atom. The van der Waals surface area contributed by atoms with E-state index in [-0.39, 0.29) is 0 Å². The molecule has 9 heteroatoms. The molecular weight excluding hydrogens is 372 g/mol. The van der Waals surface area contributed by atoms with Crippen LogP contribution in [0.2, 0.25) is 0 Å². The number of aromatic nitrogens is 3. The molecule has 1 N–H and O–H groups in total. The van der Waals surface area contributed by atoms with Gasteiger partial charge in [-0.3, -0.25) is 0 Å². The highest BCUT2D eigenvalue weighted by molar-refractivity contribution is 7.15. The summed E-state index contributed by atoms with van der Waals surface area (Å²) in [5.41, 5.74) is 1.05. The summed E-state index contributed by atoms with van der Waals surface area (Å²) in [6, 6.07) is 12.5. The maximum Gasteiger partial charge on any atom is 0.246 e. The van der Waals surface area contributed by atoms with Crippen LogP contribution >= 0.6 is 34.0 Å². The number of rotatable bonds is 4. The molecule has 5 heterocycles. The van der Waals surface area contributed by atoms with E-state index in [1.165, 1.54) is 6.33 Å². The van der Waals surface area contributed by atoms with E-state index in [4.69, 9.17) is 0 Å². The Labute approximate surface area is 155 Å². The number of nitrogens with zero attached hydrogens (tertiary/aromatic N) is 5. The van der Waals surface area contributed by atoms with Crippen LogP contribution in [0.1, 0.15) is 4.88 Å². The molecule has 0 amide bonds. The van der Waals surface area contributed by atoms with E-state index in [0.717, 1.165) is 20.6 Å². The highest BCUT2D eigenvalue weighted by Crippen LogP contribution is 2.42. The minimum atomic E-state index is 0.673. The molecule has 1 aliphatic rings. The van der Waals surface area contributed by atoms with E-state index in [2.05, 4.69) is 83.0 Å². The van der Waals surface area contributed by atoms with Crippen LogP contribution in [0, 0.1) is 0 Å². The van der Waals surface area contributed by atoms with Gasteiger partial charge in [0.15, 0.2) is 0 Å². The molecular formula is C16H12N6S3. The average molecular weight is 385 g/mol. The van der Waals surface area contributed by atoms with Crippen molar-refractivity contribution in [3.63, 3.8) is 0 Å². The molecule has 25 heavy (non-hydrogen) atoms. The summed E-state index contributed by atoms with van der Waals surface area (Å²) in [6.07, 6.45) is 3.67. The van der Waals surface area contributed by atoms with Crippen molar-refractivity contribution >= 4 is 55.7 Å². The topological polar surface area (TPSA) is 51.3 Å². The van der Waals surface area contributed by atoms with Crippen molar-refractivity contribution in [1.29, 1.82) is 0 Å². The van der Waals surface area contributed by atoms with Gasteiger partial charge in [0.05, 0.1) is 11.1 Å². The van der Waals surface area contributed by atoms with Crippen molar-refractivity contribution in [2.45, 2.75) is 0 Å². The van der Waals surface area contributed by atoms with Crippen LogP contribution in [0.5, 0.6) is 0 Å². The Hall–Kier alpha value is -2.62.